The summed E-state index contributed by atoms with van der Waals surface area (Å²) in [6.07, 6.45) is -0.784. The van der Waals surface area contributed by atoms with Gasteiger partial charge in [-0.2, -0.15) is 0 Å². The van der Waals surface area contributed by atoms with Crippen LogP contribution in [0.5, 0.6) is 5.75 Å². The number of nitrogens with zero attached hydrogens (tertiary/aromatic N) is 1. The van der Waals surface area contributed by atoms with Gasteiger partial charge in [0.1, 0.15) is 11.9 Å². The van der Waals surface area contributed by atoms with E-state index in [-0.39, 0.29) is 6.79 Å². The molecule has 0 saturated heterocycles. The second-order valence-electron chi connectivity index (χ2n) is 5.80. The average Bonchev–Trinajstić information content (AvgIpc) is 2.91. The third kappa shape index (κ3) is 3.98. The summed E-state index contributed by atoms with van der Waals surface area (Å²) in [5.41, 5.74) is 2.89. The van der Waals surface area contributed by atoms with Crippen LogP contribution in [0.3, 0.4) is 0 Å². The zero-order valence-electron chi connectivity index (χ0n) is 13.8. The predicted molar refractivity (Wildman–Crippen MR) is 91.2 cm³/mol. The van der Waals surface area contributed by atoms with Crippen LogP contribution in [0.2, 0.25) is 0 Å². The summed E-state index contributed by atoms with van der Waals surface area (Å²) >= 11 is 0. The third-order valence-corrected chi connectivity index (χ3v) is 4.05. The van der Waals surface area contributed by atoms with Gasteiger partial charge in [-0.25, -0.2) is 0 Å². The fourth-order valence-electron chi connectivity index (χ4n) is 2.93. The minimum Gasteiger partial charge on any atom is -0.468 e. The number of hydrogen-bond acceptors (Lipinski definition) is 6. The molecule has 0 saturated carbocycles. The van der Waals surface area contributed by atoms with Gasteiger partial charge in [-0.05, 0) is 29.7 Å². The number of ether oxygens (including phenoxy) is 2. The normalized spacial score (nSPS) is 15.9. The molecule has 8 heteroatoms. The lowest BCUT2D eigenvalue weighted by molar-refractivity contribution is -0.490. The molecule has 3 rings (SSSR count). The lowest BCUT2D eigenvalue weighted by Crippen LogP contribution is -2.30. The van der Waals surface area contributed by atoms with Crippen molar-refractivity contribution in [3.63, 3.8) is 0 Å². The van der Waals surface area contributed by atoms with Gasteiger partial charge in [0.05, 0.1) is 6.61 Å². The molecule has 0 bridgehead atoms. The molecule has 1 aliphatic heterocycles. The van der Waals surface area contributed by atoms with E-state index in [4.69, 9.17) is 14.1 Å². The Morgan fingerprint density at radius 1 is 1.28 bits per heavy atom. The van der Waals surface area contributed by atoms with E-state index in [9.17, 15) is 15.1 Å². The summed E-state index contributed by atoms with van der Waals surface area (Å²) in [5, 5.41) is 20.9. The highest BCUT2D eigenvalue weighted by Crippen LogP contribution is 2.30. The van der Waals surface area contributed by atoms with Crippen molar-refractivity contribution in [1.82, 2.24) is 0 Å². The average molecular weight is 343 g/mol. The molecule has 0 aliphatic carbocycles. The fourth-order valence-corrected chi connectivity index (χ4v) is 2.93. The molecule has 1 atom stereocenters. The van der Waals surface area contributed by atoms with Crippen molar-refractivity contribution >= 4 is 12.6 Å². The summed E-state index contributed by atoms with van der Waals surface area (Å²) in [5.74, 6) is 0.409. The van der Waals surface area contributed by atoms with E-state index in [0.29, 0.717) is 23.4 Å². The number of rotatable bonds is 7. The van der Waals surface area contributed by atoms with Crippen molar-refractivity contribution in [2.24, 2.45) is 0 Å². The Morgan fingerprint density at radius 3 is 2.76 bits per heavy atom. The van der Waals surface area contributed by atoms with E-state index in [1.54, 1.807) is 12.1 Å². The van der Waals surface area contributed by atoms with Gasteiger partial charge >= 0.3 is 7.12 Å². The molecule has 7 nitrogen and oxygen atoms in total. The number of fused-ring (bicyclic) bond motifs is 1. The Hall–Kier alpha value is -2.42. The predicted octanol–water partition coefficient (Wildman–Crippen LogP) is 1.58. The second kappa shape index (κ2) is 7.65. The maximum absolute atomic E-state index is 10.8. The summed E-state index contributed by atoms with van der Waals surface area (Å²) in [4.78, 5) is 10.4. The van der Waals surface area contributed by atoms with E-state index >= 15 is 0 Å². The van der Waals surface area contributed by atoms with E-state index in [0.717, 1.165) is 11.1 Å². The van der Waals surface area contributed by atoms with Crippen LogP contribution in [0, 0.1) is 17.0 Å². The standard InChI is InChI=1S/C17H18BNO6/c1-12-7-8-14(24-11-23-10-13-5-3-2-4-6-13)17-16(12)15(9-19(21)22)25-18(17)20/h2-8,15,20H,9-11H2,1H3. The Labute approximate surface area is 145 Å². The van der Waals surface area contributed by atoms with Crippen molar-refractivity contribution in [2.45, 2.75) is 19.6 Å². The van der Waals surface area contributed by atoms with E-state index in [1.807, 2.05) is 37.3 Å². The zero-order valence-corrected chi connectivity index (χ0v) is 13.8. The topological polar surface area (TPSA) is 91.1 Å². The largest absolute Gasteiger partial charge is 0.496 e. The Bertz CT molecular complexity index is 754. The first-order valence-electron chi connectivity index (χ1n) is 7.89. The fraction of sp³-hybridized carbons (Fsp3) is 0.294. The Kier molecular flexibility index (Phi) is 5.32. The summed E-state index contributed by atoms with van der Waals surface area (Å²) in [6, 6.07) is 13.2. The number of nitro groups is 1. The van der Waals surface area contributed by atoms with Crippen LogP contribution in [0.15, 0.2) is 42.5 Å². The first kappa shape index (κ1) is 17.4. The van der Waals surface area contributed by atoms with Gasteiger partial charge in [0.2, 0.25) is 6.54 Å². The zero-order chi connectivity index (χ0) is 17.8. The second-order valence-corrected chi connectivity index (χ2v) is 5.80. The maximum atomic E-state index is 10.8. The first-order valence-corrected chi connectivity index (χ1v) is 7.89. The minimum absolute atomic E-state index is 0.00296. The highest BCUT2D eigenvalue weighted by molar-refractivity contribution is 6.63. The van der Waals surface area contributed by atoms with Gasteiger partial charge in [-0.15, -0.1) is 0 Å². The Morgan fingerprint density at radius 2 is 2.04 bits per heavy atom. The highest BCUT2D eigenvalue weighted by atomic mass is 16.7. The molecule has 0 amide bonds. The molecule has 2 aromatic carbocycles. The first-order chi connectivity index (χ1) is 12.1. The van der Waals surface area contributed by atoms with Gasteiger partial charge in [0.15, 0.2) is 6.79 Å². The van der Waals surface area contributed by atoms with Crippen molar-refractivity contribution < 1.29 is 24.1 Å². The number of aryl methyl sites for hydroxylation is 1. The number of hydrogen-bond donors (Lipinski definition) is 1. The van der Waals surface area contributed by atoms with Gasteiger partial charge in [-0.3, -0.25) is 10.1 Å². The molecule has 0 fully saturated rings. The van der Waals surface area contributed by atoms with E-state index < -0.39 is 24.7 Å². The number of benzene rings is 2. The van der Waals surface area contributed by atoms with Gasteiger partial charge in [-0.1, -0.05) is 36.4 Å². The van der Waals surface area contributed by atoms with Crippen LogP contribution < -0.4 is 10.2 Å². The monoisotopic (exact) mass is 343 g/mol. The molecular weight excluding hydrogens is 325 g/mol. The third-order valence-electron chi connectivity index (χ3n) is 4.05. The van der Waals surface area contributed by atoms with Crippen LogP contribution in [0.4, 0.5) is 0 Å². The maximum Gasteiger partial charge on any atom is 0.496 e. The molecule has 130 valence electrons. The van der Waals surface area contributed by atoms with Crippen LogP contribution >= 0.6 is 0 Å². The Balaban J connectivity index is 1.68. The minimum atomic E-state index is -1.25. The van der Waals surface area contributed by atoms with Gasteiger partial charge < -0.3 is 19.2 Å². The van der Waals surface area contributed by atoms with Gasteiger partial charge in [0, 0.05) is 10.4 Å². The summed E-state index contributed by atoms with van der Waals surface area (Å²) in [7, 11) is -1.25. The van der Waals surface area contributed by atoms with Crippen molar-refractivity contribution in [2.75, 3.05) is 13.3 Å². The lowest BCUT2D eigenvalue weighted by atomic mass is 9.77. The van der Waals surface area contributed by atoms with Crippen LogP contribution in [-0.4, -0.2) is 30.4 Å². The lowest BCUT2D eigenvalue weighted by Gasteiger charge is -2.13. The smallest absolute Gasteiger partial charge is 0.468 e. The highest BCUT2D eigenvalue weighted by Gasteiger charge is 2.41. The SMILES string of the molecule is Cc1ccc(OCOCc2ccccc2)c2c1C(C[N+](=O)[O-])OB2O. The van der Waals surface area contributed by atoms with Crippen molar-refractivity contribution in [1.29, 1.82) is 0 Å². The van der Waals surface area contributed by atoms with Crippen LogP contribution in [0.25, 0.3) is 0 Å². The van der Waals surface area contributed by atoms with Crippen LogP contribution in [0.1, 0.15) is 22.8 Å². The molecule has 0 radical (unpaired) electrons. The van der Waals surface area contributed by atoms with E-state index in [2.05, 4.69) is 0 Å². The molecule has 2 aromatic rings. The summed E-state index contributed by atoms with van der Waals surface area (Å²) < 4.78 is 16.4. The summed E-state index contributed by atoms with van der Waals surface area (Å²) in [6.45, 7) is 1.82. The van der Waals surface area contributed by atoms with Crippen LogP contribution in [-0.2, 0) is 16.0 Å². The van der Waals surface area contributed by atoms with Gasteiger partial charge in [0.25, 0.3) is 0 Å². The quantitative estimate of drug-likeness (QED) is 0.270. The molecule has 1 heterocycles. The molecule has 1 N–H and O–H groups in total. The molecule has 0 aromatic heterocycles. The molecule has 0 spiro atoms. The molecule has 1 aliphatic rings. The van der Waals surface area contributed by atoms with Crippen molar-refractivity contribution in [3.05, 3.63) is 69.3 Å². The van der Waals surface area contributed by atoms with Crippen molar-refractivity contribution in [3.8, 4) is 5.75 Å². The molecule has 1 unspecified atom stereocenters. The van der Waals surface area contributed by atoms with E-state index in [1.165, 1.54) is 0 Å². The molecular formula is C17H18BNO6. The molecule has 25 heavy (non-hydrogen) atoms.